The van der Waals surface area contributed by atoms with Crippen LogP contribution >= 0.6 is 11.3 Å². The van der Waals surface area contributed by atoms with Crippen molar-refractivity contribution in [2.24, 2.45) is 0 Å². The smallest absolute Gasteiger partial charge is 0.326 e. The standard InChI is InChI=1S/C10H15NO2S/c1-2-3-4-9(10(12)13)11-8-5-6-14-7-8/h5-7,9,11H,2-4H2,1H3,(H,12,13). The maximum Gasteiger partial charge on any atom is 0.326 e. The molecule has 1 aromatic heterocycles. The van der Waals surface area contributed by atoms with Crippen LogP contribution in [0.25, 0.3) is 0 Å². The van der Waals surface area contributed by atoms with Gasteiger partial charge in [0.05, 0.1) is 0 Å². The third-order valence-electron chi connectivity index (χ3n) is 2.01. The van der Waals surface area contributed by atoms with Crippen LogP contribution in [0.4, 0.5) is 5.69 Å². The SMILES string of the molecule is CCCCC(Nc1ccsc1)C(=O)O. The molecule has 14 heavy (non-hydrogen) atoms. The van der Waals surface area contributed by atoms with Gasteiger partial charge in [0, 0.05) is 11.1 Å². The second-order valence-electron chi connectivity index (χ2n) is 3.19. The average Bonchev–Trinajstić information content (AvgIpc) is 2.64. The molecule has 1 heterocycles. The van der Waals surface area contributed by atoms with Crippen molar-refractivity contribution in [3.8, 4) is 0 Å². The lowest BCUT2D eigenvalue weighted by Gasteiger charge is -2.13. The van der Waals surface area contributed by atoms with Crippen LogP contribution in [0.15, 0.2) is 16.8 Å². The third-order valence-corrected chi connectivity index (χ3v) is 2.69. The summed E-state index contributed by atoms with van der Waals surface area (Å²) in [6, 6.07) is 1.44. The van der Waals surface area contributed by atoms with Crippen LogP contribution in [-0.2, 0) is 4.79 Å². The molecule has 1 atom stereocenters. The molecule has 2 N–H and O–H groups in total. The number of nitrogens with one attached hydrogen (secondary N) is 1. The fraction of sp³-hybridized carbons (Fsp3) is 0.500. The van der Waals surface area contributed by atoms with E-state index in [1.807, 2.05) is 16.8 Å². The van der Waals surface area contributed by atoms with Crippen LogP contribution in [0.3, 0.4) is 0 Å². The van der Waals surface area contributed by atoms with Gasteiger partial charge in [-0.15, -0.1) is 0 Å². The van der Waals surface area contributed by atoms with Crippen LogP contribution in [0.2, 0.25) is 0 Å². The summed E-state index contributed by atoms with van der Waals surface area (Å²) in [5.41, 5.74) is 0.901. The quantitative estimate of drug-likeness (QED) is 0.764. The van der Waals surface area contributed by atoms with E-state index in [4.69, 9.17) is 5.11 Å². The highest BCUT2D eigenvalue weighted by atomic mass is 32.1. The van der Waals surface area contributed by atoms with E-state index in [2.05, 4.69) is 12.2 Å². The van der Waals surface area contributed by atoms with Crippen LogP contribution in [0, 0.1) is 0 Å². The van der Waals surface area contributed by atoms with Gasteiger partial charge in [0.25, 0.3) is 0 Å². The van der Waals surface area contributed by atoms with Gasteiger partial charge in [-0.1, -0.05) is 19.8 Å². The highest BCUT2D eigenvalue weighted by Gasteiger charge is 2.15. The Balaban J connectivity index is 2.47. The Morgan fingerprint density at radius 3 is 3.00 bits per heavy atom. The molecule has 0 radical (unpaired) electrons. The Bertz CT molecular complexity index is 272. The molecule has 1 rings (SSSR count). The lowest BCUT2D eigenvalue weighted by atomic mass is 10.1. The number of aliphatic carboxylic acids is 1. The van der Waals surface area contributed by atoms with E-state index in [-0.39, 0.29) is 0 Å². The normalized spacial score (nSPS) is 12.4. The average molecular weight is 213 g/mol. The third kappa shape index (κ3) is 3.38. The summed E-state index contributed by atoms with van der Waals surface area (Å²) in [7, 11) is 0. The molecule has 0 saturated carbocycles. The number of rotatable bonds is 6. The van der Waals surface area contributed by atoms with Gasteiger partial charge < -0.3 is 10.4 Å². The first-order valence-corrected chi connectivity index (χ1v) is 5.70. The van der Waals surface area contributed by atoms with Gasteiger partial charge in [0.1, 0.15) is 6.04 Å². The summed E-state index contributed by atoms with van der Waals surface area (Å²) in [6.07, 6.45) is 2.64. The zero-order valence-corrected chi connectivity index (χ0v) is 9.01. The molecule has 0 aromatic carbocycles. The first-order chi connectivity index (χ1) is 6.74. The first kappa shape index (κ1) is 11.0. The van der Waals surface area contributed by atoms with Crippen molar-refractivity contribution in [2.75, 3.05) is 5.32 Å². The summed E-state index contributed by atoms with van der Waals surface area (Å²) in [4.78, 5) is 10.9. The van der Waals surface area contributed by atoms with Crippen LogP contribution in [0.5, 0.6) is 0 Å². The molecule has 0 bridgehead atoms. The molecule has 0 aliphatic heterocycles. The van der Waals surface area contributed by atoms with Crippen molar-refractivity contribution in [3.63, 3.8) is 0 Å². The predicted molar refractivity (Wildman–Crippen MR) is 58.9 cm³/mol. The monoisotopic (exact) mass is 213 g/mol. The molecule has 78 valence electrons. The van der Waals surface area contributed by atoms with Gasteiger partial charge in [0.15, 0.2) is 0 Å². The summed E-state index contributed by atoms with van der Waals surface area (Å²) >= 11 is 1.56. The largest absolute Gasteiger partial charge is 0.480 e. The molecular formula is C10H15NO2S. The zero-order valence-electron chi connectivity index (χ0n) is 8.19. The number of thiophene rings is 1. The van der Waals surface area contributed by atoms with Crippen molar-refractivity contribution in [1.82, 2.24) is 0 Å². The van der Waals surface area contributed by atoms with Crippen molar-refractivity contribution in [1.29, 1.82) is 0 Å². The summed E-state index contributed by atoms with van der Waals surface area (Å²) < 4.78 is 0. The summed E-state index contributed by atoms with van der Waals surface area (Å²) in [6.45, 7) is 2.06. The molecule has 0 spiro atoms. The first-order valence-electron chi connectivity index (χ1n) is 4.75. The van der Waals surface area contributed by atoms with Gasteiger partial charge in [0.2, 0.25) is 0 Å². The highest BCUT2D eigenvalue weighted by Crippen LogP contribution is 2.15. The second-order valence-corrected chi connectivity index (χ2v) is 3.97. The summed E-state index contributed by atoms with van der Waals surface area (Å²) in [5.74, 6) is -0.773. The maximum atomic E-state index is 10.9. The van der Waals surface area contributed by atoms with E-state index in [1.165, 1.54) is 0 Å². The van der Waals surface area contributed by atoms with E-state index in [9.17, 15) is 4.79 Å². The molecule has 1 aromatic rings. The minimum absolute atomic E-state index is 0.454. The van der Waals surface area contributed by atoms with Crippen LogP contribution < -0.4 is 5.32 Å². The molecule has 1 unspecified atom stereocenters. The van der Waals surface area contributed by atoms with Crippen LogP contribution in [0.1, 0.15) is 26.2 Å². The van der Waals surface area contributed by atoms with E-state index in [0.29, 0.717) is 6.42 Å². The number of unbranched alkanes of at least 4 members (excludes halogenated alkanes) is 1. The fourth-order valence-corrected chi connectivity index (χ4v) is 1.81. The minimum Gasteiger partial charge on any atom is -0.480 e. The van der Waals surface area contributed by atoms with Crippen molar-refractivity contribution >= 4 is 23.0 Å². The van der Waals surface area contributed by atoms with E-state index >= 15 is 0 Å². The van der Waals surface area contributed by atoms with Crippen molar-refractivity contribution < 1.29 is 9.90 Å². The number of hydrogen-bond donors (Lipinski definition) is 2. The molecule has 0 aliphatic carbocycles. The van der Waals surface area contributed by atoms with Gasteiger partial charge in [-0.05, 0) is 17.9 Å². The van der Waals surface area contributed by atoms with Crippen molar-refractivity contribution in [3.05, 3.63) is 16.8 Å². The number of anilines is 1. The fourth-order valence-electron chi connectivity index (χ4n) is 1.21. The molecule has 3 nitrogen and oxygen atoms in total. The Labute approximate surface area is 87.8 Å². The zero-order chi connectivity index (χ0) is 10.4. The Hall–Kier alpha value is -1.03. The Morgan fingerprint density at radius 2 is 2.50 bits per heavy atom. The second kappa shape index (κ2) is 5.65. The van der Waals surface area contributed by atoms with Gasteiger partial charge in [-0.2, -0.15) is 11.3 Å². The molecule has 0 saturated heterocycles. The van der Waals surface area contributed by atoms with E-state index in [0.717, 1.165) is 18.5 Å². The van der Waals surface area contributed by atoms with Gasteiger partial charge >= 0.3 is 5.97 Å². The van der Waals surface area contributed by atoms with Crippen molar-refractivity contribution in [2.45, 2.75) is 32.2 Å². The number of carboxylic acid groups (broad SMARTS) is 1. The molecule has 0 aliphatic rings. The van der Waals surface area contributed by atoms with E-state index in [1.54, 1.807) is 11.3 Å². The predicted octanol–water partition coefficient (Wildman–Crippen LogP) is 2.80. The Morgan fingerprint density at radius 1 is 1.71 bits per heavy atom. The molecular weight excluding hydrogens is 198 g/mol. The topological polar surface area (TPSA) is 49.3 Å². The maximum absolute atomic E-state index is 10.9. The van der Waals surface area contributed by atoms with Crippen LogP contribution in [-0.4, -0.2) is 17.1 Å². The van der Waals surface area contributed by atoms with E-state index < -0.39 is 12.0 Å². The van der Waals surface area contributed by atoms with Gasteiger partial charge in [-0.3, -0.25) is 0 Å². The number of carboxylic acids is 1. The van der Waals surface area contributed by atoms with Gasteiger partial charge in [-0.25, -0.2) is 4.79 Å². The lowest BCUT2D eigenvalue weighted by Crippen LogP contribution is -2.28. The highest BCUT2D eigenvalue weighted by molar-refractivity contribution is 7.08. The summed E-state index contributed by atoms with van der Waals surface area (Å²) in [5, 5.41) is 15.8. The molecule has 0 amide bonds. The number of hydrogen-bond acceptors (Lipinski definition) is 3. The molecule has 0 fully saturated rings. The minimum atomic E-state index is -0.773. The lowest BCUT2D eigenvalue weighted by molar-refractivity contribution is -0.138. The Kier molecular flexibility index (Phi) is 4.46. The number of carbonyl (C=O) groups is 1. The molecule has 4 heteroatoms.